The zero-order valence-electron chi connectivity index (χ0n) is 50.9. The van der Waals surface area contributed by atoms with E-state index in [1.807, 2.05) is 48.5 Å². The third kappa shape index (κ3) is 18.6. The molecule has 0 amide bonds. The summed E-state index contributed by atoms with van der Waals surface area (Å²) in [5.74, 6) is 5.84. The fraction of sp³-hybridized carbons (Fsp3) is 0.653. The van der Waals surface area contributed by atoms with Gasteiger partial charge in [0.25, 0.3) is 0 Å². The molecule has 9 fully saturated rings. The number of nitrogens with one attached hydrogen (secondary N) is 8. The molecule has 5 saturated heterocycles. The Bertz CT molecular complexity index is 1870. The number of benzene rings is 4. The fourth-order valence-corrected chi connectivity index (χ4v) is 15.6. The van der Waals surface area contributed by atoms with E-state index in [-0.39, 0.29) is 19.5 Å². The SMILES string of the molecule is CCCCc1cc[c-]cc1.CCCCc1cc[c-]cc1.CCCCc1cc[c-]cc1.CCCCc1cc[c-]cc1.[CH-]1CCC2C3NC(NC4NC(NC5NC(NC6NC(N3)C3CCCCC63)C3CCCCC53)C3CCCCC43)C2C1.[Zn]. The fourth-order valence-electron chi connectivity index (χ4n) is 15.6. The van der Waals surface area contributed by atoms with Crippen LogP contribution in [0.5, 0.6) is 0 Å². The van der Waals surface area contributed by atoms with Crippen molar-refractivity contribution in [2.75, 3.05) is 0 Å². The quantitative estimate of drug-likeness (QED) is 0.0525. The molecule has 9 aliphatic rings. The van der Waals surface area contributed by atoms with Crippen molar-refractivity contribution >= 4 is 0 Å². The first kappa shape index (κ1) is 64.2. The van der Waals surface area contributed by atoms with Gasteiger partial charge in [0.15, 0.2) is 0 Å². The van der Waals surface area contributed by atoms with E-state index in [1.165, 1.54) is 196 Å². The number of fused-ring (bicyclic) bond motifs is 20. The summed E-state index contributed by atoms with van der Waals surface area (Å²) in [6, 6.07) is 44.9. The Balaban J connectivity index is 0.000000170. The van der Waals surface area contributed by atoms with Gasteiger partial charge < -0.3 is 6.42 Å². The third-order valence-corrected chi connectivity index (χ3v) is 20.0. The summed E-state index contributed by atoms with van der Waals surface area (Å²) in [7, 11) is 0. The molecule has 16 unspecified atom stereocenters. The normalized spacial score (nSPS) is 33.2. The van der Waals surface area contributed by atoms with Gasteiger partial charge in [-0.2, -0.15) is 156 Å². The monoisotopic (exact) mass is 1150 g/mol. The molecule has 8 nitrogen and oxygen atoms in total. The average molecular weight is 1150 g/mol. The van der Waals surface area contributed by atoms with Gasteiger partial charge in [0.2, 0.25) is 0 Å². The maximum Gasteiger partial charge on any atom is 0.0628 e. The molecule has 8 N–H and O–H groups in total. The number of aryl methyl sites for hydroxylation is 4. The maximum atomic E-state index is 4.26. The van der Waals surface area contributed by atoms with Crippen LogP contribution in [0, 0.1) is 78.0 Å². The Labute approximate surface area is 506 Å². The van der Waals surface area contributed by atoms with Gasteiger partial charge in [-0.05, 0) is 85.9 Å². The van der Waals surface area contributed by atoms with E-state index in [4.69, 9.17) is 0 Å². The van der Waals surface area contributed by atoms with Crippen LogP contribution in [0.4, 0.5) is 0 Å². The minimum Gasteiger partial charge on any atom is -0.328 e. The number of rotatable bonds is 12. The van der Waals surface area contributed by atoms with Crippen molar-refractivity contribution in [2.24, 2.45) is 47.3 Å². The summed E-state index contributed by atoms with van der Waals surface area (Å²) >= 11 is 0. The van der Waals surface area contributed by atoms with Gasteiger partial charge >= 0.3 is 0 Å². The van der Waals surface area contributed by atoms with Crippen LogP contribution in [0.3, 0.4) is 0 Å². The van der Waals surface area contributed by atoms with Crippen molar-refractivity contribution in [1.82, 2.24) is 42.5 Å². The van der Waals surface area contributed by atoms with Gasteiger partial charge in [0, 0.05) is 19.5 Å². The third-order valence-electron chi connectivity index (χ3n) is 20.0. The Morgan fingerprint density at radius 1 is 0.321 bits per heavy atom. The predicted octanol–water partition coefficient (Wildman–Crippen LogP) is 13.7. The zero-order chi connectivity index (χ0) is 55.1. The number of hydrogen-bond donors (Lipinski definition) is 8. The van der Waals surface area contributed by atoms with Crippen LogP contribution in [-0.4, -0.2) is 49.3 Å². The van der Waals surface area contributed by atoms with Gasteiger partial charge in [-0.15, -0.1) is 0 Å². The smallest absolute Gasteiger partial charge is 0.0628 e. The Morgan fingerprint density at radius 2 is 0.531 bits per heavy atom. The topological polar surface area (TPSA) is 96.2 Å². The van der Waals surface area contributed by atoms with Gasteiger partial charge in [-0.1, -0.05) is 150 Å². The van der Waals surface area contributed by atoms with E-state index in [1.54, 1.807) is 0 Å². The van der Waals surface area contributed by atoms with Crippen LogP contribution in [0.1, 0.15) is 198 Å². The minimum atomic E-state index is 0. The summed E-state index contributed by atoms with van der Waals surface area (Å²) in [6.07, 6.45) is 41.4. The van der Waals surface area contributed by atoms with E-state index in [9.17, 15) is 0 Å². The van der Waals surface area contributed by atoms with E-state index < -0.39 is 0 Å². The molecule has 9 heteroatoms. The van der Waals surface area contributed by atoms with E-state index >= 15 is 0 Å². The molecule has 16 atom stereocenters. The van der Waals surface area contributed by atoms with E-state index in [2.05, 4.69) is 149 Å². The maximum absolute atomic E-state index is 4.26. The summed E-state index contributed by atoms with van der Waals surface area (Å²) < 4.78 is 0. The molecule has 0 spiro atoms. The molecule has 442 valence electrons. The van der Waals surface area contributed by atoms with Crippen LogP contribution in [0.15, 0.2) is 97.1 Å². The molecule has 81 heavy (non-hydrogen) atoms. The molecule has 0 aromatic heterocycles. The molecule has 8 bridgehead atoms. The standard InChI is InChI=1S/C32H55N8.4C10H13.Zn/c1-2-10-18-17(9-1)25-33-26(18)38-28-21-13-5-6-14-22(21)30(35-28)40-32-24-16-8-7-15-23(24)31(36-32)39-29-20-12-4-3-11-19(20)27(34-29)37-25;4*1-2-3-7-10-8-5-4-6-9-10;/h1,17-40H,2-16H2;4*5-6,8-9H,2-3,7H2,1H3;/q5*-1;. The molecular formula is C72H107N8Zn-5. The molecule has 13 rings (SSSR count). The zero-order valence-corrected chi connectivity index (χ0v) is 53.8. The second-order valence-electron chi connectivity index (χ2n) is 25.5. The van der Waals surface area contributed by atoms with Crippen molar-refractivity contribution in [3.8, 4) is 0 Å². The Hall–Kier alpha value is -2.82. The minimum absolute atomic E-state index is 0. The van der Waals surface area contributed by atoms with Crippen molar-refractivity contribution in [3.05, 3.63) is 150 Å². The van der Waals surface area contributed by atoms with Crippen molar-refractivity contribution < 1.29 is 19.5 Å². The van der Waals surface area contributed by atoms with E-state index in [0.29, 0.717) is 61.2 Å². The van der Waals surface area contributed by atoms with Gasteiger partial charge in [0.05, 0.1) is 49.3 Å². The summed E-state index contributed by atoms with van der Waals surface area (Å²) in [5.41, 5.74) is 5.72. The molecule has 5 heterocycles. The first-order valence-corrected chi connectivity index (χ1v) is 33.2. The molecule has 4 saturated carbocycles. The summed E-state index contributed by atoms with van der Waals surface area (Å²) in [4.78, 5) is 0. The number of hydrogen-bond acceptors (Lipinski definition) is 8. The molecule has 4 aromatic rings. The largest absolute Gasteiger partial charge is 0.328 e. The average Bonchev–Trinajstić information content (AvgIpc) is 4.45. The van der Waals surface area contributed by atoms with Gasteiger partial charge in [-0.25, -0.2) is 0 Å². The Kier molecular flexibility index (Phi) is 27.7. The summed E-state index contributed by atoms with van der Waals surface area (Å²) in [5, 5.41) is 33.7. The van der Waals surface area contributed by atoms with Crippen molar-refractivity contribution in [3.63, 3.8) is 0 Å². The second kappa shape index (κ2) is 35.0. The molecular weight excluding hydrogens is 1040 g/mol. The van der Waals surface area contributed by atoms with Gasteiger partial charge in [0.1, 0.15) is 0 Å². The van der Waals surface area contributed by atoms with Crippen LogP contribution in [-0.2, 0) is 45.2 Å². The van der Waals surface area contributed by atoms with Crippen LogP contribution in [0.2, 0.25) is 0 Å². The second-order valence-corrected chi connectivity index (χ2v) is 25.5. The molecule has 5 aliphatic heterocycles. The number of unbranched alkanes of at least 4 members (excludes halogenated alkanes) is 4. The molecule has 4 aliphatic carbocycles. The van der Waals surface area contributed by atoms with Crippen molar-refractivity contribution in [1.29, 1.82) is 0 Å². The first-order valence-electron chi connectivity index (χ1n) is 33.2. The Morgan fingerprint density at radius 3 is 0.753 bits per heavy atom. The van der Waals surface area contributed by atoms with Crippen LogP contribution >= 0.6 is 0 Å². The summed E-state index contributed by atoms with van der Waals surface area (Å²) in [6.45, 7) is 8.87. The van der Waals surface area contributed by atoms with Gasteiger partial charge in [-0.3, -0.25) is 42.5 Å². The molecule has 4 aromatic carbocycles. The van der Waals surface area contributed by atoms with E-state index in [0.717, 1.165) is 35.5 Å². The van der Waals surface area contributed by atoms with Crippen LogP contribution in [0.25, 0.3) is 0 Å². The molecule has 0 radical (unpaired) electrons. The first-order chi connectivity index (χ1) is 39.5. The van der Waals surface area contributed by atoms with Crippen molar-refractivity contribution in [2.45, 2.75) is 250 Å². The van der Waals surface area contributed by atoms with Crippen LogP contribution < -0.4 is 42.5 Å². The predicted molar refractivity (Wildman–Crippen MR) is 332 cm³/mol.